The molecule has 3 amide bonds. The largest absolute Gasteiger partial charge is 0.368 e. The molecule has 0 spiro atoms. The number of anilines is 4. The van der Waals surface area contributed by atoms with Gasteiger partial charge in [0.15, 0.2) is 5.67 Å². The fourth-order valence-corrected chi connectivity index (χ4v) is 4.10. The predicted octanol–water partition coefficient (Wildman–Crippen LogP) is 3.02. The van der Waals surface area contributed by atoms with Crippen molar-refractivity contribution in [2.45, 2.75) is 18.5 Å². The molecule has 3 aromatic rings. The molecule has 2 heterocycles. The van der Waals surface area contributed by atoms with Crippen molar-refractivity contribution in [1.82, 2.24) is 25.0 Å². The smallest absolute Gasteiger partial charge is 0.349 e. The van der Waals surface area contributed by atoms with Gasteiger partial charge in [0.25, 0.3) is 5.91 Å². The van der Waals surface area contributed by atoms with Gasteiger partial charge in [-0.15, -0.1) is 9.78 Å². The number of amides is 3. The first-order valence-corrected chi connectivity index (χ1v) is 11.6. The quantitative estimate of drug-likeness (QED) is 0.376. The molecule has 1 saturated heterocycles. The van der Waals surface area contributed by atoms with Crippen LogP contribution in [0.1, 0.15) is 28.8 Å². The lowest BCUT2D eigenvalue weighted by molar-refractivity contribution is -0.130. The van der Waals surface area contributed by atoms with Crippen molar-refractivity contribution < 1.29 is 18.8 Å². The fourth-order valence-electron chi connectivity index (χ4n) is 4.10. The highest BCUT2D eigenvalue weighted by molar-refractivity contribution is 5.94. The molecule has 1 aliphatic heterocycles. The molecule has 5 N–H and O–H groups in total. The molecule has 2 aromatic carbocycles. The summed E-state index contributed by atoms with van der Waals surface area (Å²) in [4.78, 5) is 41.8. The van der Waals surface area contributed by atoms with Crippen molar-refractivity contribution in [3.63, 3.8) is 0 Å². The molecule has 37 heavy (non-hydrogen) atoms. The summed E-state index contributed by atoms with van der Waals surface area (Å²) in [5.41, 5.74) is 6.08. The van der Waals surface area contributed by atoms with Gasteiger partial charge in [-0.25, -0.2) is 9.18 Å². The fraction of sp³-hybridized carbons (Fsp3) is 0.240. The molecule has 0 aliphatic carbocycles. The summed E-state index contributed by atoms with van der Waals surface area (Å²) in [6.45, 7) is 3.91. The van der Waals surface area contributed by atoms with E-state index < -0.39 is 11.7 Å². The van der Waals surface area contributed by atoms with Gasteiger partial charge in [0, 0.05) is 30.5 Å². The number of nitrogen functional groups attached to an aromatic ring is 1. The second-order valence-corrected chi connectivity index (χ2v) is 8.53. The van der Waals surface area contributed by atoms with Crippen molar-refractivity contribution in [3.05, 3.63) is 72.3 Å². The van der Waals surface area contributed by atoms with E-state index >= 15 is 4.39 Å². The topological polar surface area (TPSA) is 147 Å². The minimum atomic E-state index is -1.69. The summed E-state index contributed by atoms with van der Waals surface area (Å²) in [5.74, 6) is -0.569. The number of nitrogens with two attached hydrogens (primary N) is 1. The minimum Gasteiger partial charge on any atom is -0.368 e. The first kappa shape index (κ1) is 25.4. The van der Waals surface area contributed by atoms with Crippen LogP contribution in [0.3, 0.4) is 0 Å². The number of carbonyl (C=O) groups is 3. The average Bonchev–Trinajstić information content (AvgIpc) is 3.28. The van der Waals surface area contributed by atoms with E-state index in [1.165, 1.54) is 11.0 Å². The zero-order valence-electron chi connectivity index (χ0n) is 20.2. The van der Waals surface area contributed by atoms with E-state index in [1.807, 2.05) is 0 Å². The van der Waals surface area contributed by atoms with Crippen LogP contribution in [-0.4, -0.2) is 57.6 Å². The van der Waals surface area contributed by atoms with Gasteiger partial charge in [-0.05, 0) is 60.9 Å². The zero-order valence-corrected chi connectivity index (χ0v) is 20.2. The summed E-state index contributed by atoms with van der Waals surface area (Å²) in [7, 11) is 1.54. The van der Waals surface area contributed by atoms with Gasteiger partial charge in [-0.1, -0.05) is 18.7 Å². The van der Waals surface area contributed by atoms with Crippen molar-refractivity contribution in [3.8, 4) is 0 Å². The highest BCUT2D eigenvalue weighted by Crippen LogP contribution is 2.36. The summed E-state index contributed by atoms with van der Waals surface area (Å²) < 4.78 is 16.5. The number of halogens is 1. The van der Waals surface area contributed by atoms with E-state index in [4.69, 9.17) is 5.73 Å². The second-order valence-electron chi connectivity index (χ2n) is 8.53. The maximum absolute atomic E-state index is 15.6. The molecule has 192 valence electrons. The standard InChI is InChI=1S/C25H27FN8O3/c1-3-20(35)33-14-4-13-25(26,15-33)17-7-11-19(12-8-17)30-24(37)34-22(27)31-23(32-34)29-18-9-5-16(6-10-18)21(36)28-2/h3,5-12H,1,4,13-15H2,2H3,(H,28,36)(H,30,37)(H3,27,29,31,32). The van der Waals surface area contributed by atoms with Crippen LogP contribution < -0.4 is 21.7 Å². The normalized spacial score (nSPS) is 17.1. The number of rotatable bonds is 6. The highest BCUT2D eigenvalue weighted by atomic mass is 19.1. The summed E-state index contributed by atoms with van der Waals surface area (Å²) >= 11 is 0. The number of aromatic nitrogens is 3. The van der Waals surface area contributed by atoms with Crippen molar-refractivity contribution in [2.24, 2.45) is 0 Å². The molecular formula is C25H27FN8O3. The number of hydrogen-bond acceptors (Lipinski definition) is 7. The molecule has 1 aromatic heterocycles. The summed E-state index contributed by atoms with van der Waals surface area (Å²) in [6.07, 6.45) is 2.01. The summed E-state index contributed by atoms with van der Waals surface area (Å²) in [5, 5.41) is 12.2. The molecule has 1 aliphatic rings. The maximum Gasteiger partial charge on any atom is 0.349 e. The lowest BCUT2D eigenvalue weighted by Crippen LogP contribution is -2.45. The van der Waals surface area contributed by atoms with Gasteiger partial charge in [-0.2, -0.15) is 4.98 Å². The zero-order chi connectivity index (χ0) is 26.6. The van der Waals surface area contributed by atoms with Crippen LogP contribution in [0.5, 0.6) is 0 Å². The first-order valence-electron chi connectivity index (χ1n) is 11.6. The van der Waals surface area contributed by atoms with Crippen LogP contribution >= 0.6 is 0 Å². The Labute approximate surface area is 212 Å². The highest BCUT2D eigenvalue weighted by Gasteiger charge is 2.38. The number of likely N-dealkylation sites (tertiary alicyclic amines) is 1. The van der Waals surface area contributed by atoms with Crippen molar-refractivity contribution in [1.29, 1.82) is 0 Å². The van der Waals surface area contributed by atoms with E-state index in [2.05, 4.69) is 32.6 Å². The van der Waals surface area contributed by atoms with Gasteiger partial charge in [-0.3, -0.25) is 9.59 Å². The van der Waals surface area contributed by atoms with Gasteiger partial charge < -0.3 is 26.6 Å². The molecule has 1 unspecified atom stereocenters. The molecule has 1 fully saturated rings. The lowest BCUT2D eigenvalue weighted by Gasteiger charge is -2.37. The Kier molecular flexibility index (Phi) is 7.18. The number of nitrogens with zero attached hydrogens (tertiary/aromatic N) is 4. The number of carbonyl (C=O) groups excluding carboxylic acids is 3. The Hall–Kier alpha value is -4.74. The molecule has 0 saturated carbocycles. The Morgan fingerprint density at radius 3 is 2.43 bits per heavy atom. The minimum absolute atomic E-state index is 0.0522. The van der Waals surface area contributed by atoms with E-state index in [9.17, 15) is 14.4 Å². The van der Waals surface area contributed by atoms with E-state index in [0.29, 0.717) is 41.9 Å². The van der Waals surface area contributed by atoms with Crippen LogP contribution in [-0.2, 0) is 10.5 Å². The number of hydrogen-bond donors (Lipinski definition) is 4. The third-order valence-corrected chi connectivity index (χ3v) is 6.04. The van der Waals surface area contributed by atoms with Gasteiger partial charge in [0.2, 0.25) is 17.8 Å². The molecule has 11 nitrogen and oxygen atoms in total. The second kappa shape index (κ2) is 10.5. The molecule has 12 heteroatoms. The third-order valence-electron chi connectivity index (χ3n) is 6.04. The third kappa shape index (κ3) is 5.58. The number of piperidine rings is 1. The van der Waals surface area contributed by atoms with E-state index in [-0.39, 0.29) is 30.3 Å². The van der Waals surface area contributed by atoms with Crippen molar-refractivity contribution in [2.75, 3.05) is 36.5 Å². The number of benzene rings is 2. The van der Waals surface area contributed by atoms with Crippen LogP contribution in [0.2, 0.25) is 0 Å². The number of alkyl halides is 1. The first-order chi connectivity index (χ1) is 17.7. The Morgan fingerprint density at radius 2 is 1.78 bits per heavy atom. The predicted molar refractivity (Wildman–Crippen MR) is 137 cm³/mol. The van der Waals surface area contributed by atoms with Gasteiger partial charge in [0.1, 0.15) is 0 Å². The molecule has 0 radical (unpaired) electrons. The average molecular weight is 507 g/mol. The SMILES string of the molecule is C=CC(=O)N1CCCC(F)(c2ccc(NC(=O)n3nc(Nc4ccc(C(=O)NC)cc4)nc3N)cc2)C1. The maximum atomic E-state index is 15.6. The van der Waals surface area contributed by atoms with Crippen LogP contribution in [0, 0.1) is 0 Å². The Balaban J connectivity index is 1.41. The number of nitrogens with one attached hydrogen (secondary N) is 3. The van der Waals surface area contributed by atoms with Gasteiger partial charge >= 0.3 is 6.03 Å². The van der Waals surface area contributed by atoms with Crippen LogP contribution in [0.4, 0.5) is 32.5 Å². The van der Waals surface area contributed by atoms with Crippen molar-refractivity contribution >= 4 is 41.1 Å². The molecular weight excluding hydrogens is 479 g/mol. The summed E-state index contributed by atoms with van der Waals surface area (Å²) in [6, 6.07) is 12.2. The van der Waals surface area contributed by atoms with E-state index in [0.717, 1.165) is 4.68 Å². The monoisotopic (exact) mass is 506 g/mol. The van der Waals surface area contributed by atoms with Crippen LogP contribution in [0.15, 0.2) is 61.2 Å². The van der Waals surface area contributed by atoms with E-state index in [1.54, 1.807) is 55.6 Å². The molecule has 1 atom stereocenters. The molecule has 0 bridgehead atoms. The molecule has 4 rings (SSSR count). The van der Waals surface area contributed by atoms with Gasteiger partial charge in [0.05, 0.1) is 6.54 Å². The van der Waals surface area contributed by atoms with Crippen LogP contribution in [0.25, 0.3) is 0 Å². The lowest BCUT2D eigenvalue weighted by atomic mass is 9.87. The Morgan fingerprint density at radius 1 is 1.11 bits per heavy atom. The Bertz CT molecular complexity index is 1320.